The Balaban J connectivity index is 2.14. The molecule has 1 saturated heterocycles. The third-order valence-corrected chi connectivity index (χ3v) is 1.10. The second-order valence-electron chi connectivity index (χ2n) is 1.68. The Bertz CT molecular complexity index is 48.0. The van der Waals surface area contributed by atoms with Gasteiger partial charge in [-0.15, -0.1) is 0 Å². The molecule has 1 aliphatic rings. The molecule has 1 unspecified atom stereocenters. The molecule has 0 spiro atoms. The van der Waals surface area contributed by atoms with Crippen LogP contribution in [0.3, 0.4) is 0 Å². The van der Waals surface area contributed by atoms with E-state index in [4.69, 9.17) is 9.84 Å². The number of ether oxygens (including phenoxy) is 1. The molecular formula is C5H9O2. The molecule has 0 aromatic carbocycles. The van der Waals surface area contributed by atoms with Gasteiger partial charge in [0.15, 0.2) is 0 Å². The normalized spacial score (nSPS) is 31.3. The van der Waals surface area contributed by atoms with E-state index in [0.29, 0.717) is 0 Å². The molecule has 2 nitrogen and oxygen atoms in total. The lowest BCUT2D eigenvalue weighted by Crippen LogP contribution is -2.08. The van der Waals surface area contributed by atoms with Crippen LogP contribution in [0.4, 0.5) is 0 Å². The molecular weight excluding hydrogens is 92.1 g/mol. The molecule has 2 heteroatoms. The van der Waals surface area contributed by atoms with Gasteiger partial charge in [-0.3, -0.25) is 0 Å². The van der Waals surface area contributed by atoms with Crippen LogP contribution in [-0.2, 0) is 4.74 Å². The minimum atomic E-state index is 0.0972. The molecule has 1 heterocycles. The third-order valence-electron chi connectivity index (χ3n) is 1.10. The van der Waals surface area contributed by atoms with Crippen LogP contribution in [0.1, 0.15) is 12.8 Å². The largest absolute Gasteiger partial charge is 0.394 e. The van der Waals surface area contributed by atoms with E-state index in [2.05, 4.69) is 0 Å². The van der Waals surface area contributed by atoms with Crippen LogP contribution in [0.15, 0.2) is 0 Å². The Morgan fingerprint density at radius 2 is 2.71 bits per heavy atom. The van der Waals surface area contributed by atoms with Gasteiger partial charge >= 0.3 is 0 Å². The number of aliphatic hydroxyl groups is 1. The van der Waals surface area contributed by atoms with Crippen molar-refractivity contribution in [3.63, 3.8) is 0 Å². The summed E-state index contributed by atoms with van der Waals surface area (Å²) in [5.41, 5.74) is 0. The molecule has 1 N–H and O–H groups in total. The van der Waals surface area contributed by atoms with Gasteiger partial charge in [-0.25, -0.2) is 0 Å². The number of hydrogen-bond donors (Lipinski definition) is 1. The zero-order valence-electron chi connectivity index (χ0n) is 4.13. The number of hydrogen-bond acceptors (Lipinski definition) is 2. The van der Waals surface area contributed by atoms with E-state index < -0.39 is 0 Å². The van der Waals surface area contributed by atoms with Crippen molar-refractivity contribution in [2.24, 2.45) is 0 Å². The summed E-state index contributed by atoms with van der Waals surface area (Å²) in [6.45, 7) is 1.91. The van der Waals surface area contributed by atoms with Crippen molar-refractivity contribution in [2.45, 2.75) is 18.9 Å². The van der Waals surface area contributed by atoms with E-state index in [1.54, 1.807) is 6.61 Å². The first-order valence-electron chi connectivity index (χ1n) is 2.51. The summed E-state index contributed by atoms with van der Waals surface area (Å²) in [6.07, 6.45) is 2.07. The molecule has 0 aromatic heterocycles. The summed E-state index contributed by atoms with van der Waals surface area (Å²) in [5, 5.41) is 8.42. The maximum atomic E-state index is 8.42. The van der Waals surface area contributed by atoms with Crippen molar-refractivity contribution in [1.82, 2.24) is 0 Å². The average Bonchev–Trinajstić information content (AvgIpc) is 2.14. The fraction of sp³-hybridized carbons (Fsp3) is 0.800. The van der Waals surface area contributed by atoms with Crippen LogP contribution in [0, 0.1) is 6.61 Å². The zero-order chi connectivity index (χ0) is 5.11. The van der Waals surface area contributed by atoms with E-state index in [1.165, 1.54) is 0 Å². The van der Waals surface area contributed by atoms with E-state index in [1.807, 2.05) is 0 Å². The first-order valence-corrected chi connectivity index (χ1v) is 2.51. The second kappa shape index (κ2) is 2.28. The van der Waals surface area contributed by atoms with Gasteiger partial charge in [0.2, 0.25) is 0 Å². The molecule has 0 aromatic rings. The Hall–Kier alpha value is -0.0800. The SMILES string of the molecule is OCC1CC[CH]O1. The van der Waals surface area contributed by atoms with Crippen molar-refractivity contribution in [3.05, 3.63) is 6.61 Å². The van der Waals surface area contributed by atoms with Gasteiger partial charge in [-0.1, -0.05) is 0 Å². The first kappa shape index (κ1) is 5.06. The van der Waals surface area contributed by atoms with Crippen LogP contribution in [0.25, 0.3) is 0 Å². The molecule has 1 rings (SSSR count). The fourth-order valence-corrected chi connectivity index (χ4v) is 0.660. The van der Waals surface area contributed by atoms with E-state index in [0.717, 1.165) is 12.8 Å². The van der Waals surface area contributed by atoms with Gasteiger partial charge in [0, 0.05) is 0 Å². The highest BCUT2D eigenvalue weighted by atomic mass is 16.5. The van der Waals surface area contributed by atoms with E-state index in [9.17, 15) is 0 Å². The molecule has 41 valence electrons. The summed E-state index contributed by atoms with van der Waals surface area (Å²) in [7, 11) is 0. The lowest BCUT2D eigenvalue weighted by molar-refractivity contribution is 0.0869. The predicted octanol–water partition coefficient (Wildman–Crippen LogP) is 0.319. The minimum Gasteiger partial charge on any atom is -0.394 e. The van der Waals surface area contributed by atoms with Crippen LogP contribution in [0.2, 0.25) is 0 Å². The summed E-state index contributed by atoms with van der Waals surface area (Å²) in [4.78, 5) is 0. The summed E-state index contributed by atoms with van der Waals surface area (Å²) in [6, 6.07) is 0. The second-order valence-corrected chi connectivity index (χ2v) is 1.68. The fourth-order valence-electron chi connectivity index (χ4n) is 0.660. The summed E-state index contributed by atoms with van der Waals surface area (Å²) < 4.78 is 4.93. The van der Waals surface area contributed by atoms with Crippen molar-refractivity contribution in [1.29, 1.82) is 0 Å². The molecule has 0 amide bonds. The highest BCUT2D eigenvalue weighted by Crippen LogP contribution is 2.13. The van der Waals surface area contributed by atoms with Crippen molar-refractivity contribution < 1.29 is 9.84 Å². The minimum absolute atomic E-state index is 0.0972. The van der Waals surface area contributed by atoms with E-state index >= 15 is 0 Å². The molecule has 7 heavy (non-hydrogen) atoms. The van der Waals surface area contributed by atoms with Gasteiger partial charge in [-0.05, 0) is 12.8 Å². The predicted molar refractivity (Wildman–Crippen MR) is 25.5 cm³/mol. The Morgan fingerprint density at radius 1 is 1.86 bits per heavy atom. The summed E-state index contributed by atoms with van der Waals surface area (Å²) in [5.74, 6) is 0. The van der Waals surface area contributed by atoms with Crippen molar-refractivity contribution >= 4 is 0 Å². The van der Waals surface area contributed by atoms with Crippen LogP contribution >= 0.6 is 0 Å². The molecule has 0 saturated carbocycles. The van der Waals surface area contributed by atoms with Gasteiger partial charge in [0.05, 0.1) is 19.3 Å². The zero-order valence-corrected chi connectivity index (χ0v) is 4.13. The maximum Gasteiger partial charge on any atom is 0.0842 e. The molecule has 1 fully saturated rings. The van der Waals surface area contributed by atoms with Crippen LogP contribution in [-0.4, -0.2) is 17.8 Å². The van der Waals surface area contributed by atoms with Crippen LogP contribution < -0.4 is 0 Å². The average molecular weight is 101 g/mol. The Labute approximate surface area is 43.1 Å². The lowest BCUT2D eigenvalue weighted by Gasteiger charge is -2.00. The molecule has 0 bridgehead atoms. The summed E-state index contributed by atoms with van der Waals surface area (Å²) >= 11 is 0. The standard InChI is InChI=1S/C5H9O2/c6-4-5-2-1-3-7-5/h3,5-6H,1-2,4H2. The van der Waals surface area contributed by atoms with Crippen LogP contribution in [0.5, 0.6) is 0 Å². The Kier molecular flexibility index (Phi) is 1.65. The Morgan fingerprint density at radius 3 is 3.00 bits per heavy atom. The third kappa shape index (κ3) is 1.14. The quantitative estimate of drug-likeness (QED) is 0.515. The topological polar surface area (TPSA) is 29.5 Å². The van der Waals surface area contributed by atoms with Gasteiger partial charge in [-0.2, -0.15) is 0 Å². The van der Waals surface area contributed by atoms with E-state index in [-0.39, 0.29) is 12.7 Å². The highest BCUT2D eigenvalue weighted by Gasteiger charge is 2.13. The molecule has 1 radical (unpaired) electrons. The van der Waals surface area contributed by atoms with Gasteiger partial charge < -0.3 is 9.84 Å². The van der Waals surface area contributed by atoms with Gasteiger partial charge in [0.1, 0.15) is 0 Å². The lowest BCUT2D eigenvalue weighted by atomic mass is 10.2. The highest BCUT2D eigenvalue weighted by molar-refractivity contribution is 4.69. The first-order chi connectivity index (χ1) is 3.43. The molecule has 1 atom stereocenters. The monoisotopic (exact) mass is 101 g/mol. The number of aliphatic hydroxyl groups excluding tert-OH is 1. The number of rotatable bonds is 1. The smallest absolute Gasteiger partial charge is 0.0842 e. The van der Waals surface area contributed by atoms with Crippen molar-refractivity contribution in [2.75, 3.05) is 6.61 Å². The maximum absolute atomic E-state index is 8.42. The van der Waals surface area contributed by atoms with Gasteiger partial charge in [0.25, 0.3) is 0 Å². The molecule has 0 aliphatic carbocycles. The van der Waals surface area contributed by atoms with Crippen molar-refractivity contribution in [3.8, 4) is 0 Å². The molecule has 1 aliphatic heterocycles.